The van der Waals surface area contributed by atoms with E-state index in [4.69, 9.17) is 4.74 Å². The number of aliphatic hydroxyl groups is 1. The van der Waals surface area contributed by atoms with Crippen LogP contribution < -0.4 is 10.3 Å². The number of nitrogens with zero attached hydrogens (tertiary/aromatic N) is 2. The van der Waals surface area contributed by atoms with Gasteiger partial charge in [0.2, 0.25) is 0 Å². The average molecular weight is 407 g/mol. The fourth-order valence-electron chi connectivity index (χ4n) is 3.42. The van der Waals surface area contributed by atoms with Gasteiger partial charge in [0.05, 0.1) is 18.3 Å². The summed E-state index contributed by atoms with van der Waals surface area (Å²) in [6.07, 6.45) is 0.669. The molecule has 1 atom stereocenters. The first-order valence-electron chi connectivity index (χ1n) is 9.42. The predicted octanol–water partition coefficient (Wildman–Crippen LogP) is 4.18. The summed E-state index contributed by atoms with van der Waals surface area (Å²) < 4.78 is 7.18. The number of fused-ring (bicyclic) bond motifs is 1. The molecule has 6 heteroatoms. The van der Waals surface area contributed by atoms with Gasteiger partial charge in [-0.15, -0.1) is 11.3 Å². The minimum atomic E-state index is -0.827. The number of thiophene rings is 1. The van der Waals surface area contributed by atoms with Crippen LogP contribution in [0.2, 0.25) is 0 Å². The summed E-state index contributed by atoms with van der Waals surface area (Å²) in [5.74, 6) is 0.715. The lowest BCUT2D eigenvalue weighted by Gasteiger charge is -2.14. The van der Waals surface area contributed by atoms with E-state index >= 15 is 0 Å². The molecular formula is C23H22N2O3S. The van der Waals surface area contributed by atoms with Gasteiger partial charge in [-0.1, -0.05) is 36.4 Å². The molecule has 0 saturated carbocycles. The highest BCUT2D eigenvalue weighted by Crippen LogP contribution is 2.30. The van der Waals surface area contributed by atoms with E-state index in [1.54, 1.807) is 0 Å². The van der Waals surface area contributed by atoms with Gasteiger partial charge in [-0.05, 0) is 42.7 Å². The number of ether oxygens (including phenoxy) is 1. The molecule has 2 aromatic heterocycles. The van der Waals surface area contributed by atoms with Gasteiger partial charge in [-0.3, -0.25) is 9.36 Å². The Hall–Kier alpha value is -2.96. The molecule has 0 aliphatic rings. The monoisotopic (exact) mass is 406 g/mol. The van der Waals surface area contributed by atoms with Crippen LogP contribution in [0.3, 0.4) is 0 Å². The molecule has 0 aliphatic heterocycles. The Balaban J connectivity index is 1.55. The third-order valence-corrected chi connectivity index (χ3v) is 5.58. The van der Waals surface area contributed by atoms with Crippen LogP contribution in [0, 0.1) is 13.8 Å². The Kier molecular flexibility index (Phi) is 5.47. The Labute approximate surface area is 172 Å². The molecule has 0 aliphatic carbocycles. The van der Waals surface area contributed by atoms with Crippen molar-refractivity contribution in [1.29, 1.82) is 0 Å². The highest BCUT2D eigenvalue weighted by Gasteiger charge is 2.15. The maximum Gasteiger partial charge on any atom is 0.262 e. The molecule has 2 heterocycles. The number of hydrogen-bond acceptors (Lipinski definition) is 5. The van der Waals surface area contributed by atoms with Crippen molar-refractivity contribution >= 4 is 21.6 Å². The van der Waals surface area contributed by atoms with Gasteiger partial charge in [-0.25, -0.2) is 4.98 Å². The highest BCUT2D eigenvalue weighted by molar-refractivity contribution is 7.17. The zero-order valence-electron chi connectivity index (χ0n) is 16.3. The van der Waals surface area contributed by atoms with E-state index in [2.05, 4.69) is 11.1 Å². The van der Waals surface area contributed by atoms with Crippen molar-refractivity contribution in [3.05, 3.63) is 81.7 Å². The van der Waals surface area contributed by atoms with Crippen LogP contribution in [0.1, 0.15) is 11.1 Å². The molecule has 1 N–H and O–H groups in total. The number of rotatable bonds is 6. The van der Waals surface area contributed by atoms with E-state index in [9.17, 15) is 9.90 Å². The molecule has 4 rings (SSSR count). The number of aryl methyl sites for hydroxylation is 2. The maximum absolute atomic E-state index is 13.1. The summed E-state index contributed by atoms with van der Waals surface area (Å²) >= 11 is 1.45. The molecule has 0 bridgehead atoms. The second-order valence-electron chi connectivity index (χ2n) is 7.19. The van der Waals surface area contributed by atoms with Crippen molar-refractivity contribution < 1.29 is 9.84 Å². The lowest BCUT2D eigenvalue weighted by atomic mass is 10.1. The number of benzene rings is 2. The first kappa shape index (κ1) is 19.4. The van der Waals surface area contributed by atoms with E-state index in [-0.39, 0.29) is 18.7 Å². The molecule has 0 fully saturated rings. The normalized spacial score (nSPS) is 12.2. The van der Waals surface area contributed by atoms with E-state index in [1.165, 1.54) is 22.2 Å². The Morgan fingerprint density at radius 2 is 1.86 bits per heavy atom. The van der Waals surface area contributed by atoms with Crippen LogP contribution in [0.4, 0.5) is 0 Å². The lowest BCUT2D eigenvalue weighted by molar-refractivity contribution is 0.0914. The highest BCUT2D eigenvalue weighted by atomic mass is 32.1. The predicted molar refractivity (Wildman–Crippen MR) is 117 cm³/mol. The molecule has 0 saturated heterocycles. The smallest absolute Gasteiger partial charge is 0.262 e. The largest absolute Gasteiger partial charge is 0.491 e. The van der Waals surface area contributed by atoms with Crippen LogP contribution in [0.25, 0.3) is 21.3 Å². The quantitative estimate of drug-likeness (QED) is 0.522. The maximum atomic E-state index is 13.1. The van der Waals surface area contributed by atoms with Crippen LogP contribution in [-0.4, -0.2) is 27.4 Å². The number of aromatic nitrogens is 2. The van der Waals surface area contributed by atoms with Gasteiger partial charge in [0.15, 0.2) is 0 Å². The molecule has 29 heavy (non-hydrogen) atoms. The van der Waals surface area contributed by atoms with E-state index in [0.29, 0.717) is 16.0 Å². The van der Waals surface area contributed by atoms with Gasteiger partial charge in [0, 0.05) is 10.9 Å². The van der Waals surface area contributed by atoms with Gasteiger partial charge in [-0.2, -0.15) is 0 Å². The molecule has 0 amide bonds. The second-order valence-corrected chi connectivity index (χ2v) is 8.04. The topological polar surface area (TPSA) is 64.3 Å². The van der Waals surface area contributed by atoms with Crippen LogP contribution in [0.15, 0.2) is 65.0 Å². The van der Waals surface area contributed by atoms with Crippen molar-refractivity contribution in [2.24, 2.45) is 0 Å². The second kappa shape index (κ2) is 8.19. The average Bonchev–Trinajstić information content (AvgIpc) is 3.13. The summed E-state index contributed by atoms with van der Waals surface area (Å²) in [6, 6.07) is 15.7. The van der Waals surface area contributed by atoms with Crippen molar-refractivity contribution in [3.8, 4) is 16.9 Å². The standard InChI is InChI=1S/C23H22N2O3S/c1-15-8-16(2)10-19(9-15)28-12-18(26)11-25-14-24-22-21(23(25)27)20(13-29-22)17-6-4-3-5-7-17/h3-10,13-14,18,26H,11-12H2,1-2H3. The molecule has 148 valence electrons. The van der Waals surface area contributed by atoms with Gasteiger partial charge in [0.25, 0.3) is 5.56 Å². The summed E-state index contributed by atoms with van der Waals surface area (Å²) in [4.78, 5) is 18.2. The Bertz CT molecular complexity index is 1180. The molecular weight excluding hydrogens is 384 g/mol. The first-order chi connectivity index (χ1) is 14.0. The van der Waals surface area contributed by atoms with Crippen molar-refractivity contribution in [3.63, 3.8) is 0 Å². The molecule has 2 aromatic carbocycles. The molecule has 1 unspecified atom stereocenters. The Morgan fingerprint density at radius 3 is 2.59 bits per heavy atom. The number of hydrogen-bond donors (Lipinski definition) is 1. The van der Waals surface area contributed by atoms with Crippen molar-refractivity contribution in [2.75, 3.05) is 6.61 Å². The van der Waals surface area contributed by atoms with Gasteiger partial charge >= 0.3 is 0 Å². The molecule has 5 nitrogen and oxygen atoms in total. The van der Waals surface area contributed by atoms with Crippen LogP contribution in [0.5, 0.6) is 5.75 Å². The van der Waals surface area contributed by atoms with E-state index < -0.39 is 6.10 Å². The fourth-order valence-corrected chi connectivity index (χ4v) is 4.32. The molecule has 0 radical (unpaired) electrons. The van der Waals surface area contributed by atoms with E-state index in [0.717, 1.165) is 22.3 Å². The lowest BCUT2D eigenvalue weighted by Crippen LogP contribution is -2.30. The summed E-state index contributed by atoms with van der Waals surface area (Å²) in [7, 11) is 0. The minimum absolute atomic E-state index is 0.0998. The van der Waals surface area contributed by atoms with Crippen molar-refractivity contribution in [1.82, 2.24) is 9.55 Å². The van der Waals surface area contributed by atoms with Gasteiger partial charge in [0.1, 0.15) is 23.3 Å². The SMILES string of the molecule is Cc1cc(C)cc(OCC(O)Cn2cnc3scc(-c4ccccc4)c3c2=O)c1. The number of aliphatic hydroxyl groups excluding tert-OH is 1. The minimum Gasteiger partial charge on any atom is -0.491 e. The third-order valence-electron chi connectivity index (χ3n) is 4.69. The summed E-state index contributed by atoms with van der Waals surface area (Å²) in [5, 5.41) is 13.0. The van der Waals surface area contributed by atoms with Crippen LogP contribution in [-0.2, 0) is 6.54 Å². The third kappa shape index (κ3) is 4.23. The molecule has 0 spiro atoms. The van der Waals surface area contributed by atoms with Crippen molar-refractivity contribution in [2.45, 2.75) is 26.5 Å². The van der Waals surface area contributed by atoms with E-state index in [1.807, 2.05) is 61.7 Å². The Morgan fingerprint density at radius 1 is 1.14 bits per heavy atom. The summed E-state index contributed by atoms with van der Waals surface area (Å²) in [6.45, 7) is 4.23. The first-order valence-corrected chi connectivity index (χ1v) is 10.3. The fraction of sp³-hybridized carbons (Fsp3) is 0.217. The zero-order valence-corrected chi connectivity index (χ0v) is 17.1. The van der Waals surface area contributed by atoms with Crippen LogP contribution >= 0.6 is 11.3 Å². The molecule has 4 aromatic rings. The summed E-state index contributed by atoms with van der Waals surface area (Å²) in [5.41, 5.74) is 3.91. The van der Waals surface area contributed by atoms with Gasteiger partial charge < -0.3 is 9.84 Å². The zero-order chi connectivity index (χ0) is 20.4.